The number of carbonyl (C=O) groups is 5. The van der Waals surface area contributed by atoms with Crippen molar-refractivity contribution in [1.29, 1.82) is 0 Å². The second-order valence-corrected chi connectivity index (χ2v) is 13.0. The number of likely N-dealkylation sites (tertiary alicyclic amines) is 1. The summed E-state index contributed by atoms with van der Waals surface area (Å²) >= 11 is 0. The Kier molecular flexibility index (Phi) is 7.99. The maximum absolute atomic E-state index is 15.0. The van der Waals surface area contributed by atoms with Crippen LogP contribution in [0.4, 0.5) is 13.2 Å². The molecule has 0 radical (unpaired) electrons. The molecule has 2 N–H and O–H groups in total. The molecule has 6 atom stereocenters. The zero-order valence-corrected chi connectivity index (χ0v) is 26.3. The number of nitrogens with zero attached hydrogens (tertiary/aromatic N) is 1. The van der Waals surface area contributed by atoms with Crippen molar-refractivity contribution in [1.82, 2.24) is 4.90 Å². The molecule has 3 aromatic carbocycles. The number of halogens is 3. The largest absolute Gasteiger partial charge is 0.573 e. The van der Waals surface area contributed by atoms with Crippen LogP contribution >= 0.6 is 0 Å². The minimum absolute atomic E-state index is 0.0173. The molecule has 3 aromatic rings. The third-order valence-electron chi connectivity index (χ3n) is 10.6. The van der Waals surface area contributed by atoms with Crippen LogP contribution in [0.15, 0.2) is 96.6 Å². The summed E-state index contributed by atoms with van der Waals surface area (Å²) < 4.78 is 44.7. The molecule has 1 aliphatic heterocycles. The molecule has 12 heteroatoms. The number of Topliss-reactive ketones (excluding diaryl/α,β-unsaturated/α-hetero) is 1. The van der Waals surface area contributed by atoms with Crippen LogP contribution in [-0.2, 0) is 29.4 Å². The highest BCUT2D eigenvalue weighted by atomic mass is 19.4. The summed E-state index contributed by atoms with van der Waals surface area (Å²) in [5.74, 6) is -9.66. The zero-order chi connectivity index (χ0) is 35.5. The van der Waals surface area contributed by atoms with Crippen molar-refractivity contribution in [2.45, 2.75) is 37.0 Å². The van der Waals surface area contributed by atoms with E-state index < -0.39 is 88.6 Å². The number of benzene rings is 3. The van der Waals surface area contributed by atoms with Gasteiger partial charge in [-0.1, -0.05) is 72.3 Å². The second kappa shape index (κ2) is 12.1. The van der Waals surface area contributed by atoms with Crippen LogP contribution in [0.5, 0.6) is 11.5 Å². The van der Waals surface area contributed by atoms with Crippen LogP contribution in [0.3, 0.4) is 0 Å². The molecule has 9 nitrogen and oxygen atoms in total. The smallest absolute Gasteiger partial charge is 0.508 e. The van der Waals surface area contributed by atoms with Crippen molar-refractivity contribution in [3.63, 3.8) is 0 Å². The number of imide groups is 1. The first-order valence-electron chi connectivity index (χ1n) is 16.1. The third-order valence-corrected chi connectivity index (χ3v) is 10.6. The van der Waals surface area contributed by atoms with E-state index in [2.05, 4.69) is 4.74 Å². The van der Waals surface area contributed by atoms with Gasteiger partial charge in [-0.2, -0.15) is 0 Å². The number of rotatable bonds is 7. The second-order valence-electron chi connectivity index (χ2n) is 13.0. The third kappa shape index (κ3) is 5.21. The molecule has 0 bridgehead atoms. The average molecular weight is 686 g/mol. The first-order chi connectivity index (χ1) is 23.8. The van der Waals surface area contributed by atoms with Gasteiger partial charge in [0, 0.05) is 29.5 Å². The number of hydrogen-bond acceptors (Lipinski definition) is 7. The molecule has 7 rings (SSSR count). The zero-order valence-electron chi connectivity index (χ0n) is 26.3. The number of fused-ring (bicyclic) bond motifs is 4. The lowest BCUT2D eigenvalue weighted by atomic mass is 9.44. The van der Waals surface area contributed by atoms with E-state index in [9.17, 15) is 47.4 Å². The number of aliphatic carboxylic acids is 1. The van der Waals surface area contributed by atoms with Crippen molar-refractivity contribution in [3.05, 3.63) is 113 Å². The van der Waals surface area contributed by atoms with Crippen molar-refractivity contribution < 1.29 is 52.1 Å². The van der Waals surface area contributed by atoms with Gasteiger partial charge in [-0.15, -0.1) is 13.2 Å². The number of allylic oxidation sites excluding steroid dienone is 4. The van der Waals surface area contributed by atoms with E-state index in [1.165, 1.54) is 6.08 Å². The van der Waals surface area contributed by atoms with Gasteiger partial charge in [0.05, 0.1) is 23.7 Å². The Hall–Kier alpha value is -5.52. The van der Waals surface area contributed by atoms with E-state index in [1.54, 1.807) is 66.7 Å². The van der Waals surface area contributed by atoms with Gasteiger partial charge in [-0.05, 0) is 54.2 Å². The summed E-state index contributed by atoms with van der Waals surface area (Å²) in [4.78, 5) is 69.6. The first-order valence-corrected chi connectivity index (χ1v) is 16.1. The normalized spacial score (nSPS) is 27.6. The fraction of sp³-hybridized carbons (Fsp3) is 0.289. The number of aromatic hydroxyl groups is 1. The number of amides is 2. The number of phenolic OH excluding ortho intramolecular Hbond substituents is 1. The molecule has 3 aliphatic carbocycles. The fourth-order valence-electron chi connectivity index (χ4n) is 8.67. The fourth-order valence-corrected chi connectivity index (χ4v) is 8.67. The maximum Gasteiger partial charge on any atom is 0.573 e. The number of carboxylic acid groups (broad SMARTS) is 1. The molecule has 6 unspecified atom stereocenters. The Morgan fingerprint density at radius 3 is 2.26 bits per heavy atom. The predicted molar refractivity (Wildman–Crippen MR) is 170 cm³/mol. The van der Waals surface area contributed by atoms with Crippen LogP contribution in [0, 0.1) is 23.7 Å². The molecule has 1 saturated heterocycles. The predicted octanol–water partition coefficient (Wildman–Crippen LogP) is 5.59. The Bertz CT molecular complexity index is 1990. The van der Waals surface area contributed by atoms with Gasteiger partial charge >= 0.3 is 12.3 Å². The number of alkyl halides is 3. The van der Waals surface area contributed by atoms with Gasteiger partial charge in [0.15, 0.2) is 11.6 Å². The summed E-state index contributed by atoms with van der Waals surface area (Å²) in [6.07, 6.45) is -2.66. The number of carboxylic acids is 1. The number of phenols is 1. The van der Waals surface area contributed by atoms with Gasteiger partial charge < -0.3 is 14.9 Å². The van der Waals surface area contributed by atoms with E-state index >= 15 is 0 Å². The molecule has 2 amide bonds. The minimum atomic E-state index is -5.08. The Morgan fingerprint density at radius 2 is 1.60 bits per heavy atom. The lowest BCUT2D eigenvalue weighted by Crippen LogP contribution is -2.58. The molecule has 2 fully saturated rings. The molecule has 4 aliphatic rings. The Morgan fingerprint density at radius 1 is 0.920 bits per heavy atom. The number of carbonyl (C=O) groups excluding carboxylic acids is 4. The number of ether oxygens (including phenoxy) is 1. The molecule has 1 heterocycles. The van der Waals surface area contributed by atoms with E-state index in [0.29, 0.717) is 16.7 Å². The minimum Gasteiger partial charge on any atom is -0.508 e. The van der Waals surface area contributed by atoms with Crippen LogP contribution in [0.2, 0.25) is 0 Å². The molecule has 256 valence electrons. The van der Waals surface area contributed by atoms with Crippen LogP contribution in [0.25, 0.3) is 5.57 Å². The van der Waals surface area contributed by atoms with Crippen LogP contribution in [-0.4, -0.2) is 57.4 Å². The SMILES string of the molecule is O=C(O)CCN1C(=O)C2CC=C3C(CC4C(=O)C(c5ccccc5)=CC(=O)C4(c4ccccc4)C3c3cc(OC(F)(F)F)ccc3O)C2C1=O. The van der Waals surface area contributed by atoms with Gasteiger partial charge in [-0.25, -0.2) is 0 Å². The highest BCUT2D eigenvalue weighted by Gasteiger charge is 2.66. The van der Waals surface area contributed by atoms with Crippen LogP contribution < -0.4 is 4.74 Å². The molecule has 1 saturated carbocycles. The van der Waals surface area contributed by atoms with Gasteiger partial charge in [0.1, 0.15) is 11.5 Å². The summed E-state index contributed by atoms with van der Waals surface area (Å²) in [6, 6.07) is 19.9. The molecule has 0 aromatic heterocycles. The number of ketones is 2. The lowest BCUT2D eigenvalue weighted by molar-refractivity contribution is -0.274. The Balaban J connectivity index is 1.48. The Labute approximate surface area is 283 Å². The topological polar surface area (TPSA) is 138 Å². The highest BCUT2D eigenvalue weighted by Crippen LogP contribution is 2.64. The van der Waals surface area contributed by atoms with Crippen molar-refractivity contribution in [2.24, 2.45) is 23.7 Å². The molecular weight excluding hydrogens is 655 g/mol. The van der Waals surface area contributed by atoms with Crippen molar-refractivity contribution >= 4 is 34.9 Å². The van der Waals surface area contributed by atoms with E-state index in [4.69, 9.17) is 0 Å². The van der Waals surface area contributed by atoms with Crippen molar-refractivity contribution in [2.75, 3.05) is 6.54 Å². The van der Waals surface area contributed by atoms with E-state index in [0.717, 1.165) is 23.1 Å². The monoisotopic (exact) mass is 685 g/mol. The molecule has 50 heavy (non-hydrogen) atoms. The lowest BCUT2D eigenvalue weighted by Gasteiger charge is -2.55. The van der Waals surface area contributed by atoms with E-state index in [-0.39, 0.29) is 30.5 Å². The summed E-state index contributed by atoms with van der Waals surface area (Å²) in [5.41, 5.74) is -0.494. The average Bonchev–Trinajstić information content (AvgIpc) is 3.33. The van der Waals surface area contributed by atoms with Gasteiger partial charge in [0.25, 0.3) is 0 Å². The maximum atomic E-state index is 15.0. The molecular formula is C38H30F3NO8. The first kappa shape index (κ1) is 33.0. The molecule has 0 spiro atoms. The standard InChI is InChI=1S/C38H30F3NO8/c39-38(40,41)50-22-11-14-29(43)27(17-22)33-23-12-13-24-32(36(49)42(35(24)48)16-15-31(45)46)26(23)18-28-34(47)25(20-7-3-1-4-8-20)19-30(44)37(28,33)21-9-5-2-6-10-21/h1-12,14,17,19,24,26,28,32-33,43H,13,15-16,18H2,(H,45,46). The quantitative estimate of drug-likeness (QED) is 0.243. The summed E-state index contributed by atoms with van der Waals surface area (Å²) in [5, 5.41) is 20.7. The van der Waals surface area contributed by atoms with Gasteiger partial charge in [-0.3, -0.25) is 28.9 Å². The van der Waals surface area contributed by atoms with E-state index in [1.807, 2.05) is 0 Å². The van der Waals surface area contributed by atoms with Crippen molar-refractivity contribution in [3.8, 4) is 11.5 Å². The summed E-state index contributed by atoms with van der Waals surface area (Å²) in [6.45, 7) is -0.348. The highest BCUT2D eigenvalue weighted by molar-refractivity contribution is 6.31. The van der Waals surface area contributed by atoms with Gasteiger partial charge in [0.2, 0.25) is 11.8 Å². The number of hydrogen-bond donors (Lipinski definition) is 2. The van der Waals surface area contributed by atoms with Crippen LogP contribution in [0.1, 0.15) is 41.9 Å². The summed E-state index contributed by atoms with van der Waals surface area (Å²) in [7, 11) is 0.